The van der Waals surface area contributed by atoms with Crippen LogP contribution in [0, 0.1) is 17.2 Å². The predicted molar refractivity (Wildman–Crippen MR) is 124 cm³/mol. The number of hydrogen-bond donors (Lipinski definition) is 1. The fourth-order valence-electron chi connectivity index (χ4n) is 3.97. The maximum atomic E-state index is 13.5. The van der Waals surface area contributed by atoms with Gasteiger partial charge in [0.25, 0.3) is 10.0 Å². The third-order valence-corrected chi connectivity index (χ3v) is 8.04. The first-order chi connectivity index (χ1) is 15.7. The molecule has 2 aliphatic rings. The lowest BCUT2D eigenvalue weighted by molar-refractivity contribution is 0.0600. The van der Waals surface area contributed by atoms with Crippen molar-refractivity contribution in [3.05, 3.63) is 52.0 Å². The van der Waals surface area contributed by atoms with Crippen LogP contribution in [0.3, 0.4) is 0 Å². The number of nitrogens with one attached hydrogen (secondary N) is 1. The quantitative estimate of drug-likeness (QED) is 0.509. The summed E-state index contributed by atoms with van der Waals surface area (Å²) in [7, 11) is -2.87. The van der Waals surface area contributed by atoms with Crippen LogP contribution in [0.15, 0.2) is 35.2 Å². The Kier molecular flexibility index (Phi) is 6.55. The normalized spacial score (nSPS) is 16.9. The van der Waals surface area contributed by atoms with Crippen LogP contribution in [-0.2, 0) is 14.8 Å². The van der Waals surface area contributed by atoms with E-state index in [1.165, 1.54) is 25.3 Å². The van der Waals surface area contributed by atoms with Gasteiger partial charge in [-0.3, -0.25) is 4.72 Å². The van der Waals surface area contributed by atoms with Crippen molar-refractivity contribution in [1.29, 1.82) is 5.26 Å². The van der Waals surface area contributed by atoms with Crippen LogP contribution < -0.4 is 9.46 Å². The van der Waals surface area contributed by atoms with Gasteiger partial charge in [0.1, 0.15) is 11.8 Å². The van der Waals surface area contributed by atoms with Gasteiger partial charge in [0.15, 0.2) is 0 Å². The van der Waals surface area contributed by atoms with E-state index in [-0.39, 0.29) is 44.5 Å². The van der Waals surface area contributed by atoms with E-state index in [2.05, 4.69) is 4.72 Å². The number of benzene rings is 2. The predicted octanol–water partition coefficient (Wildman–Crippen LogP) is 5.24. The molecule has 2 aliphatic carbocycles. The molecule has 33 heavy (non-hydrogen) atoms. The number of halogens is 1. The minimum absolute atomic E-state index is 0.0133. The molecule has 1 N–H and O–H groups in total. The monoisotopic (exact) mass is 488 g/mol. The van der Waals surface area contributed by atoms with Crippen molar-refractivity contribution < 1.29 is 22.7 Å². The van der Waals surface area contributed by atoms with Gasteiger partial charge in [-0.05, 0) is 68.2 Å². The van der Waals surface area contributed by atoms with Crippen molar-refractivity contribution in [3.8, 4) is 11.8 Å². The molecule has 0 heterocycles. The standard InChI is InChI=1S/C24H25ClN2O5S/c1-14(15-4-3-5-15)32-22-12-20(25)18(13-26)10-21(22)27-33(29,30)23-11-17(24(28)31-2)8-9-19(23)16-6-7-16/h8-12,14-16,27H,3-7H2,1-2H3/t14-/m0/s1. The number of carbonyl (C=O) groups excluding carboxylic acids is 1. The lowest BCUT2D eigenvalue weighted by Gasteiger charge is -2.32. The summed E-state index contributed by atoms with van der Waals surface area (Å²) >= 11 is 6.22. The highest BCUT2D eigenvalue weighted by Gasteiger charge is 2.32. The summed E-state index contributed by atoms with van der Waals surface area (Å²) < 4.78 is 40.4. The lowest BCUT2D eigenvalue weighted by atomic mass is 9.82. The number of sulfonamides is 1. The number of hydrogen-bond acceptors (Lipinski definition) is 6. The topological polar surface area (TPSA) is 105 Å². The van der Waals surface area contributed by atoms with Crippen molar-refractivity contribution in [1.82, 2.24) is 0 Å². The molecule has 0 aromatic heterocycles. The highest BCUT2D eigenvalue weighted by molar-refractivity contribution is 7.92. The number of esters is 1. The summed E-state index contributed by atoms with van der Waals surface area (Å²) in [6, 6.07) is 9.40. The van der Waals surface area contributed by atoms with Gasteiger partial charge in [-0.1, -0.05) is 24.1 Å². The van der Waals surface area contributed by atoms with Crippen molar-refractivity contribution >= 4 is 33.3 Å². The molecule has 0 bridgehead atoms. The zero-order valence-electron chi connectivity index (χ0n) is 18.4. The summed E-state index contributed by atoms with van der Waals surface area (Å²) in [5, 5.41) is 9.60. The molecule has 0 aliphatic heterocycles. The first-order valence-electron chi connectivity index (χ1n) is 10.9. The molecule has 9 heteroatoms. The Morgan fingerprint density at radius 1 is 1.21 bits per heavy atom. The molecule has 2 saturated carbocycles. The maximum absolute atomic E-state index is 13.5. The van der Waals surface area contributed by atoms with E-state index in [0.717, 1.165) is 32.1 Å². The molecule has 4 rings (SSSR count). The van der Waals surface area contributed by atoms with Crippen molar-refractivity contribution in [2.45, 2.75) is 55.9 Å². The van der Waals surface area contributed by atoms with E-state index in [4.69, 9.17) is 21.1 Å². The van der Waals surface area contributed by atoms with E-state index >= 15 is 0 Å². The second-order valence-corrected chi connectivity index (χ2v) is 10.6. The van der Waals surface area contributed by atoms with Crippen LogP contribution in [0.1, 0.15) is 66.4 Å². The zero-order valence-corrected chi connectivity index (χ0v) is 20.0. The number of carbonyl (C=O) groups is 1. The van der Waals surface area contributed by atoms with Gasteiger partial charge in [-0.2, -0.15) is 5.26 Å². The average Bonchev–Trinajstić information content (AvgIpc) is 3.58. The van der Waals surface area contributed by atoms with Gasteiger partial charge >= 0.3 is 5.97 Å². The number of nitriles is 1. The van der Waals surface area contributed by atoms with E-state index in [9.17, 15) is 18.5 Å². The number of nitrogens with zero attached hydrogens (tertiary/aromatic N) is 1. The highest BCUT2D eigenvalue weighted by atomic mass is 35.5. The zero-order chi connectivity index (χ0) is 23.8. The van der Waals surface area contributed by atoms with Gasteiger partial charge in [-0.15, -0.1) is 0 Å². The molecule has 174 valence electrons. The molecular formula is C24H25ClN2O5S. The molecule has 0 unspecified atom stereocenters. The minimum atomic E-state index is -4.11. The summed E-state index contributed by atoms with van der Waals surface area (Å²) in [6.07, 6.45) is 4.89. The molecule has 1 atom stereocenters. The second kappa shape index (κ2) is 9.24. The Balaban J connectivity index is 1.73. The number of rotatable bonds is 8. The third kappa shape index (κ3) is 4.94. The summed E-state index contributed by atoms with van der Waals surface area (Å²) in [4.78, 5) is 12.0. The van der Waals surface area contributed by atoms with E-state index in [1.807, 2.05) is 13.0 Å². The van der Waals surface area contributed by atoms with E-state index in [0.29, 0.717) is 11.5 Å². The van der Waals surface area contributed by atoms with Crippen LogP contribution in [0.5, 0.6) is 5.75 Å². The fourth-order valence-corrected chi connectivity index (χ4v) is 5.55. The Bertz CT molecular complexity index is 1230. The smallest absolute Gasteiger partial charge is 0.337 e. The minimum Gasteiger partial charge on any atom is -0.488 e. The number of anilines is 1. The maximum Gasteiger partial charge on any atom is 0.337 e. The van der Waals surface area contributed by atoms with Crippen LogP contribution in [0.2, 0.25) is 5.02 Å². The molecule has 2 aromatic rings. The van der Waals surface area contributed by atoms with Crippen molar-refractivity contribution in [2.75, 3.05) is 11.8 Å². The lowest BCUT2D eigenvalue weighted by Crippen LogP contribution is -2.29. The molecule has 2 aromatic carbocycles. The van der Waals surface area contributed by atoms with Crippen LogP contribution in [0.4, 0.5) is 5.69 Å². The Morgan fingerprint density at radius 3 is 2.52 bits per heavy atom. The van der Waals surface area contributed by atoms with E-state index < -0.39 is 16.0 Å². The van der Waals surface area contributed by atoms with Crippen LogP contribution in [0.25, 0.3) is 0 Å². The Hall–Kier alpha value is -2.76. The Morgan fingerprint density at radius 2 is 1.94 bits per heavy atom. The summed E-state index contributed by atoms with van der Waals surface area (Å²) in [6.45, 7) is 1.94. The average molecular weight is 489 g/mol. The summed E-state index contributed by atoms with van der Waals surface area (Å²) in [5.41, 5.74) is 1.05. The fraction of sp³-hybridized carbons (Fsp3) is 0.417. The second-order valence-electron chi connectivity index (χ2n) is 8.58. The SMILES string of the molecule is COC(=O)c1ccc(C2CC2)c(S(=O)(=O)Nc2cc(C#N)c(Cl)cc2O[C@@H](C)C2CCC2)c1. The van der Waals surface area contributed by atoms with Crippen molar-refractivity contribution in [2.24, 2.45) is 5.92 Å². The first kappa shape index (κ1) is 23.4. The molecule has 7 nitrogen and oxygen atoms in total. The first-order valence-corrected chi connectivity index (χ1v) is 12.7. The molecule has 0 saturated heterocycles. The highest BCUT2D eigenvalue weighted by Crippen LogP contribution is 2.44. The van der Waals surface area contributed by atoms with Crippen LogP contribution in [-0.4, -0.2) is 27.6 Å². The van der Waals surface area contributed by atoms with Gasteiger partial charge in [0.05, 0.1) is 39.9 Å². The molecule has 0 radical (unpaired) electrons. The number of ether oxygens (including phenoxy) is 2. The molecule has 0 amide bonds. The van der Waals surface area contributed by atoms with Gasteiger partial charge in [0.2, 0.25) is 0 Å². The third-order valence-electron chi connectivity index (χ3n) is 6.30. The molecule has 0 spiro atoms. The van der Waals surface area contributed by atoms with Crippen LogP contribution >= 0.6 is 11.6 Å². The molecule has 2 fully saturated rings. The van der Waals surface area contributed by atoms with Gasteiger partial charge in [-0.25, -0.2) is 13.2 Å². The van der Waals surface area contributed by atoms with Crippen molar-refractivity contribution in [3.63, 3.8) is 0 Å². The Labute approximate surface area is 198 Å². The van der Waals surface area contributed by atoms with E-state index in [1.54, 1.807) is 12.1 Å². The largest absolute Gasteiger partial charge is 0.488 e. The van der Waals surface area contributed by atoms with Gasteiger partial charge < -0.3 is 9.47 Å². The number of methoxy groups -OCH3 is 1. The van der Waals surface area contributed by atoms with Gasteiger partial charge in [0, 0.05) is 6.07 Å². The molecular weight excluding hydrogens is 464 g/mol. The summed E-state index contributed by atoms with van der Waals surface area (Å²) in [5.74, 6) is 0.157.